The zero-order valence-electron chi connectivity index (χ0n) is 14.9. The quantitative estimate of drug-likeness (QED) is 0.783. The highest BCUT2D eigenvalue weighted by atomic mass is 16.2. The largest absolute Gasteiger partial charge is 0.359 e. The van der Waals surface area contributed by atoms with Gasteiger partial charge in [0.15, 0.2) is 0 Å². The van der Waals surface area contributed by atoms with Crippen LogP contribution in [0.15, 0.2) is 30.5 Å². The molecule has 5 nitrogen and oxygen atoms in total. The molecule has 0 bridgehead atoms. The van der Waals surface area contributed by atoms with Crippen LogP contribution in [0.25, 0.3) is 0 Å². The van der Waals surface area contributed by atoms with Crippen LogP contribution < -0.4 is 16.0 Å². The lowest BCUT2D eigenvalue weighted by molar-refractivity contribution is -0.119. The van der Waals surface area contributed by atoms with Gasteiger partial charge in [-0.3, -0.25) is 9.78 Å². The molecule has 0 fully saturated rings. The Morgan fingerprint density at radius 2 is 1.88 bits per heavy atom. The monoisotopic (exact) mass is 336 g/mol. The molecule has 130 valence electrons. The number of fused-ring (bicyclic) bond motifs is 2. The summed E-state index contributed by atoms with van der Waals surface area (Å²) in [4.78, 5) is 16.7. The van der Waals surface area contributed by atoms with Crippen LogP contribution in [0.1, 0.15) is 56.6 Å². The second-order valence-electron chi connectivity index (χ2n) is 7.44. The van der Waals surface area contributed by atoms with Crippen molar-refractivity contribution in [3.63, 3.8) is 0 Å². The van der Waals surface area contributed by atoms with Gasteiger partial charge < -0.3 is 16.0 Å². The zero-order valence-corrected chi connectivity index (χ0v) is 14.9. The summed E-state index contributed by atoms with van der Waals surface area (Å²) >= 11 is 0. The third-order valence-electron chi connectivity index (χ3n) is 5.21. The molecule has 0 spiro atoms. The number of benzene rings is 1. The van der Waals surface area contributed by atoms with Gasteiger partial charge in [0.2, 0.25) is 5.91 Å². The lowest BCUT2D eigenvalue weighted by Crippen LogP contribution is -2.26. The Balaban J connectivity index is 1.55. The number of carbonyl (C=O) groups excluding carboxylic acids is 1. The molecule has 0 aliphatic carbocycles. The molecule has 1 amide bonds. The average Bonchev–Trinajstić information content (AvgIpc) is 3.11. The van der Waals surface area contributed by atoms with Gasteiger partial charge in [0.05, 0.1) is 22.5 Å². The first-order valence-electron chi connectivity index (χ1n) is 8.97. The summed E-state index contributed by atoms with van der Waals surface area (Å²) in [6.45, 7) is 6.11. The van der Waals surface area contributed by atoms with Gasteiger partial charge in [-0.2, -0.15) is 0 Å². The van der Waals surface area contributed by atoms with Gasteiger partial charge in [-0.15, -0.1) is 0 Å². The van der Waals surface area contributed by atoms with Crippen LogP contribution in [0, 0.1) is 0 Å². The van der Waals surface area contributed by atoms with E-state index in [-0.39, 0.29) is 12.1 Å². The molecule has 3 heterocycles. The molecule has 5 heteroatoms. The third-order valence-corrected chi connectivity index (χ3v) is 5.21. The fourth-order valence-electron chi connectivity index (χ4n) is 3.49. The number of aryl methyl sites for hydroxylation is 1. The number of anilines is 3. The first-order chi connectivity index (χ1) is 12.0. The second-order valence-corrected chi connectivity index (χ2v) is 7.44. The van der Waals surface area contributed by atoms with Gasteiger partial charge in [-0.05, 0) is 56.0 Å². The molecule has 2 aliphatic rings. The second kappa shape index (κ2) is 5.76. The Kier molecular flexibility index (Phi) is 3.67. The standard InChI is InChI=1S/C20H24N4O/c1-4-5-6-12-7-8-14(21-11-12)18-22-16-9-13-15(10-17(16)23-18)24-19(25)20(13,2)3/h7-11,18,22-23H,4-6H2,1-3H3,(H,24,25). The molecule has 2 aliphatic heterocycles. The molecule has 3 N–H and O–H groups in total. The molecule has 1 atom stereocenters. The van der Waals surface area contributed by atoms with Crippen molar-refractivity contribution in [3.8, 4) is 0 Å². The van der Waals surface area contributed by atoms with E-state index in [9.17, 15) is 4.79 Å². The van der Waals surface area contributed by atoms with E-state index >= 15 is 0 Å². The molecule has 0 saturated heterocycles. The SMILES string of the molecule is CCCCc1ccc(C2Nc3cc4c(cc3N2)C(C)(C)C(=O)N4)nc1. The van der Waals surface area contributed by atoms with Crippen LogP contribution in [0.5, 0.6) is 0 Å². The van der Waals surface area contributed by atoms with Crippen molar-refractivity contribution in [1.29, 1.82) is 0 Å². The van der Waals surface area contributed by atoms with E-state index < -0.39 is 5.41 Å². The highest BCUT2D eigenvalue weighted by molar-refractivity contribution is 6.07. The molecule has 2 aromatic rings. The Labute approximate surface area is 148 Å². The van der Waals surface area contributed by atoms with Gasteiger partial charge in [0.1, 0.15) is 6.17 Å². The van der Waals surface area contributed by atoms with E-state index in [4.69, 9.17) is 0 Å². The molecule has 25 heavy (non-hydrogen) atoms. The van der Waals surface area contributed by atoms with Crippen molar-refractivity contribution < 1.29 is 4.79 Å². The number of nitrogens with one attached hydrogen (secondary N) is 3. The van der Waals surface area contributed by atoms with Crippen LogP contribution in [-0.2, 0) is 16.6 Å². The molecule has 0 radical (unpaired) electrons. The van der Waals surface area contributed by atoms with Crippen molar-refractivity contribution in [2.45, 2.75) is 51.6 Å². The highest BCUT2D eigenvalue weighted by Gasteiger charge is 2.40. The molecule has 4 rings (SSSR count). The van der Waals surface area contributed by atoms with Gasteiger partial charge >= 0.3 is 0 Å². The fourth-order valence-corrected chi connectivity index (χ4v) is 3.49. The van der Waals surface area contributed by atoms with Crippen LogP contribution in [0.3, 0.4) is 0 Å². The van der Waals surface area contributed by atoms with Crippen molar-refractivity contribution >= 4 is 23.0 Å². The lowest BCUT2D eigenvalue weighted by atomic mass is 9.86. The van der Waals surface area contributed by atoms with Crippen LogP contribution in [0.2, 0.25) is 0 Å². The number of pyridine rings is 1. The fraction of sp³-hybridized carbons (Fsp3) is 0.400. The van der Waals surface area contributed by atoms with Gasteiger partial charge in [0, 0.05) is 11.9 Å². The molecule has 1 unspecified atom stereocenters. The molecular weight excluding hydrogens is 312 g/mol. The third kappa shape index (κ3) is 2.64. The number of unbranched alkanes of at least 4 members (excludes halogenated alkanes) is 1. The van der Waals surface area contributed by atoms with Crippen molar-refractivity contribution in [2.75, 3.05) is 16.0 Å². The van der Waals surface area contributed by atoms with E-state index in [0.29, 0.717) is 0 Å². The van der Waals surface area contributed by atoms with Crippen LogP contribution in [0.4, 0.5) is 17.1 Å². The van der Waals surface area contributed by atoms with Crippen molar-refractivity contribution in [1.82, 2.24) is 4.98 Å². The number of hydrogen-bond donors (Lipinski definition) is 3. The maximum atomic E-state index is 12.1. The van der Waals surface area contributed by atoms with Gasteiger partial charge in [0.25, 0.3) is 0 Å². The summed E-state index contributed by atoms with van der Waals surface area (Å²) in [7, 11) is 0. The van der Waals surface area contributed by atoms with E-state index in [0.717, 1.165) is 34.7 Å². The summed E-state index contributed by atoms with van der Waals surface area (Å²) in [5, 5.41) is 9.92. The Morgan fingerprint density at radius 3 is 2.56 bits per heavy atom. The maximum Gasteiger partial charge on any atom is 0.234 e. The summed E-state index contributed by atoms with van der Waals surface area (Å²) in [6, 6.07) is 8.33. The zero-order chi connectivity index (χ0) is 17.6. The lowest BCUT2D eigenvalue weighted by Gasteiger charge is -2.15. The Bertz CT molecular complexity index is 826. The smallest absolute Gasteiger partial charge is 0.234 e. The summed E-state index contributed by atoms with van der Waals surface area (Å²) < 4.78 is 0. The summed E-state index contributed by atoms with van der Waals surface area (Å²) in [5.41, 5.74) is 5.71. The Hall–Kier alpha value is -2.56. The van der Waals surface area contributed by atoms with E-state index in [1.807, 2.05) is 26.1 Å². The predicted octanol–water partition coefficient (Wildman–Crippen LogP) is 4.19. The van der Waals surface area contributed by atoms with E-state index in [2.05, 4.69) is 46.1 Å². The minimum Gasteiger partial charge on any atom is -0.359 e. The topological polar surface area (TPSA) is 66.0 Å². The van der Waals surface area contributed by atoms with E-state index in [1.54, 1.807) is 0 Å². The summed E-state index contributed by atoms with van der Waals surface area (Å²) in [5.74, 6) is 0.0482. The molecule has 1 aromatic carbocycles. The minimum absolute atomic E-state index is 0.0448. The highest BCUT2D eigenvalue weighted by Crippen LogP contribution is 2.45. The molecule has 1 aromatic heterocycles. The maximum absolute atomic E-state index is 12.1. The number of nitrogens with zero attached hydrogens (tertiary/aromatic N) is 1. The number of carbonyl (C=O) groups is 1. The first-order valence-corrected chi connectivity index (χ1v) is 8.97. The normalized spacial score (nSPS) is 19.6. The molecular formula is C20H24N4O. The van der Waals surface area contributed by atoms with Crippen molar-refractivity contribution in [3.05, 3.63) is 47.3 Å². The number of rotatable bonds is 4. The average molecular weight is 336 g/mol. The molecule has 0 saturated carbocycles. The van der Waals surface area contributed by atoms with Crippen LogP contribution >= 0.6 is 0 Å². The van der Waals surface area contributed by atoms with Gasteiger partial charge in [-0.25, -0.2) is 0 Å². The van der Waals surface area contributed by atoms with Crippen molar-refractivity contribution in [2.24, 2.45) is 0 Å². The Morgan fingerprint density at radius 1 is 1.12 bits per heavy atom. The van der Waals surface area contributed by atoms with E-state index in [1.165, 1.54) is 18.4 Å². The van der Waals surface area contributed by atoms with Crippen LogP contribution in [-0.4, -0.2) is 10.9 Å². The predicted molar refractivity (Wildman–Crippen MR) is 101 cm³/mol. The minimum atomic E-state index is -0.497. The summed E-state index contributed by atoms with van der Waals surface area (Å²) in [6.07, 6.45) is 5.40. The first kappa shape index (κ1) is 15.9. The number of amides is 1. The van der Waals surface area contributed by atoms with Gasteiger partial charge in [-0.1, -0.05) is 19.4 Å². The number of hydrogen-bond acceptors (Lipinski definition) is 4. The number of aromatic nitrogens is 1.